The van der Waals surface area contributed by atoms with E-state index in [0.29, 0.717) is 6.61 Å². The molecular weight excluding hydrogens is 270 g/mol. The summed E-state index contributed by atoms with van der Waals surface area (Å²) in [6.45, 7) is 6.59. The topological polar surface area (TPSA) is 38.3 Å². The number of thiophene rings is 1. The maximum atomic E-state index is 12.1. The number of nitrogens with one attached hydrogen (secondary N) is 1. The van der Waals surface area contributed by atoms with Crippen LogP contribution < -0.4 is 10.1 Å². The maximum absolute atomic E-state index is 12.1. The van der Waals surface area contributed by atoms with Gasteiger partial charge in [0.05, 0.1) is 18.2 Å². The van der Waals surface area contributed by atoms with E-state index in [2.05, 4.69) is 5.32 Å². The standard InChI is InChI=1S/C16H19NO2S/c1-4-19-15-7-5-13(6-8-15)12(3)17-16(18)14-9-11(2)20-10-14/h5-10,12H,4H2,1-3H3,(H,17,18)/t12-/m0/s1. The largest absolute Gasteiger partial charge is 0.494 e. The zero-order valence-corrected chi connectivity index (χ0v) is 12.8. The molecule has 0 saturated carbocycles. The van der Waals surface area contributed by atoms with E-state index in [9.17, 15) is 4.79 Å². The predicted molar refractivity (Wildman–Crippen MR) is 82.5 cm³/mol. The van der Waals surface area contributed by atoms with Gasteiger partial charge in [-0.2, -0.15) is 0 Å². The smallest absolute Gasteiger partial charge is 0.252 e. The molecule has 1 aromatic carbocycles. The minimum Gasteiger partial charge on any atom is -0.494 e. The Morgan fingerprint density at radius 2 is 2.05 bits per heavy atom. The van der Waals surface area contributed by atoms with Crippen LogP contribution in [0.25, 0.3) is 0 Å². The highest BCUT2D eigenvalue weighted by molar-refractivity contribution is 7.10. The lowest BCUT2D eigenvalue weighted by Crippen LogP contribution is -2.26. The summed E-state index contributed by atoms with van der Waals surface area (Å²) in [5, 5.41) is 4.89. The summed E-state index contributed by atoms with van der Waals surface area (Å²) in [6, 6.07) is 9.69. The number of hydrogen-bond donors (Lipinski definition) is 1. The fourth-order valence-corrected chi connectivity index (χ4v) is 2.63. The SMILES string of the molecule is CCOc1ccc([C@H](C)NC(=O)c2csc(C)c2)cc1. The van der Waals surface area contributed by atoms with Crippen LogP contribution in [0.15, 0.2) is 35.7 Å². The van der Waals surface area contributed by atoms with Gasteiger partial charge in [0.25, 0.3) is 5.91 Å². The fraction of sp³-hybridized carbons (Fsp3) is 0.312. The van der Waals surface area contributed by atoms with Crippen LogP contribution in [0.3, 0.4) is 0 Å². The molecule has 0 bridgehead atoms. The molecule has 4 heteroatoms. The minimum absolute atomic E-state index is 0.0293. The van der Waals surface area contributed by atoms with Gasteiger partial charge in [-0.25, -0.2) is 0 Å². The summed E-state index contributed by atoms with van der Waals surface area (Å²) < 4.78 is 5.41. The number of ether oxygens (including phenoxy) is 1. The van der Waals surface area contributed by atoms with E-state index in [1.54, 1.807) is 11.3 Å². The first-order chi connectivity index (χ1) is 9.60. The molecule has 0 spiro atoms. The first-order valence-corrected chi connectivity index (χ1v) is 7.57. The van der Waals surface area contributed by atoms with Crippen molar-refractivity contribution in [2.45, 2.75) is 26.8 Å². The fourth-order valence-electron chi connectivity index (χ4n) is 1.95. The number of hydrogen-bond acceptors (Lipinski definition) is 3. The average Bonchev–Trinajstić information content (AvgIpc) is 2.86. The third-order valence-corrected chi connectivity index (χ3v) is 3.89. The molecule has 1 aromatic heterocycles. The van der Waals surface area contributed by atoms with E-state index in [0.717, 1.165) is 21.8 Å². The summed E-state index contributed by atoms with van der Waals surface area (Å²) in [5.41, 5.74) is 1.79. The molecule has 2 rings (SSSR count). The van der Waals surface area contributed by atoms with Gasteiger partial charge in [-0.1, -0.05) is 12.1 Å². The third-order valence-electron chi connectivity index (χ3n) is 3.03. The van der Waals surface area contributed by atoms with Gasteiger partial charge in [0.2, 0.25) is 0 Å². The Hall–Kier alpha value is -1.81. The number of benzene rings is 1. The summed E-state index contributed by atoms with van der Waals surface area (Å²) in [7, 11) is 0. The van der Waals surface area contributed by atoms with Gasteiger partial charge in [0, 0.05) is 10.3 Å². The van der Waals surface area contributed by atoms with Crippen molar-refractivity contribution < 1.29 is 9.53 Å². The summed E-state index contributed by atoms with van der Waals surface area (Å²) in [6.07, 6.45) is 0. The molecular formula is C16H19NO2S. The van der Waals surface area contributed by atoms with Crippen LogP contribution in [0.5, 0.6) is 5.75 Å². The molecule has 1 amide bonds. The summed E-state index contributed by atoms with van der Waals surface area (Å²) >= 11 is 1.59. The number of rotatable bonds is 5. The first-order valence-electron chi connectivity index (χ1n) is 6.69. The second-order valence-electron chi connectivity index (χ2n) is 4.64. The molecule has 1 atom stereocenters. The molecule has 0 unspecified atom stereocenters. The van der Waals surface area contributed by atoms with Gasteiger partial charge in [-0.3, -0.25) is 4.79 Å². The number of amides is 1. The van der Waals surface area contributed by atoms with E-state index >= 15 is 0 Å². The van der Waals surface area contributed by atoms with E-state index in [1.165, 1.54) is 0 Å². The molecule has 0 fully saturated rings. The lowest BCUT2D eigenvalue weighted by molar-refractivity contribution is 0.0940. The van der Waals surface area contributed by atoms with Gasteiger partial charge in [0.15, 0.2) is 0 Å². The molecule has 0 radical (unpaired) electrons. The predicted octanol–water partition coefficient (Wildman–Crippen LogP) is 3.95. The molecule has 0 aliphatic rings. The van der Waals surface area contributed by atoms with Crippen molar-refractivity contribution in [3.8, 4) is 5.75 Å². The number of aryl methyl sites for hydroxylation is 1. The van der Waals surface area contributed by atoms with E-state index in [1.807, 2.05) is 56.5 Å². The third kappa shape index (κ3) is 3.61. The maximum Gasteiger partial charge on any atom is 0.252 e. The minimum atomic E-state index is -0.0317. The Morgan fingerprint density at radius 3 is 2.60 bits per heavy atom. The molecule has 20 heavy (non-hydrogen) atoms. The highest BCUT2D eigenvalue weighted by atomic mass is 32.1. The van der Waals surface area contributed by atoms with Crippen LogP contribution in [0.2, 0.25) is 0 Å². The highest BCUT2D eigenvalue weighted by Crippen LogP contribution is 2.19. The van der Waals surface area contributed by atoms with Crippen molar-refractivity contribution in [3.63, 3.8) is 0 Å². The molecule has 2 aromatic rings. The van der Waals surface area contributed by atoms with Crippen LogP contribution in [-0.4, -0.2) is 12.5 Å². The van der Waals surface area contributed by atoms with Crippen molar-refractivity contribution in [2.75, 3.05) is 6.61 Å². The Kier molecular flexibility index (Phi) is 4.79. The van der Waals surface area contributed by atoms with Crippen molar-refractivity contribution in [2.24, 2.45) is 0 Å². The van der Waals surface area contributed by atoms with Gasteiger partial charge in [-0.15, -0.1) is 11.3 Å². The van der Waals surface area contributed by atoms with Crippen LogP contribution in [0.4, 0.5) is 0 Å². The second kappa shape index (κ2) is 6.57. The monoisotopic (exact) mass is 289 g/mol. The van der Waals surface area contributed by atoms with Crippen molar-refractivity contribution in [1.82, 2.24) is 5.32 Å². The van der Waals surface area contributed by atoms with Crippen molar-refractivity contribution in [1.29, 1.82) is 0 Å². The Morgan fingerprint density at radius 1 is 1.35 bits per heavy atom. The van der Waals surface area contributed by atoms with E-state index < -0.39 is 0 Å². The normalized spacial score (nSPS) is 11.9. The summed E-state index contributed by atoms with van der Waals surface area (Å²) in [5.74, 6) is 0.818. The Labute approximate surface area is 123 Å². The molecule has 106 valence electrons. The van der Waals surface area contributed by atoms with E-state index in [4.69, 9.17) is 4.74 Å². The summed E-state index contributed by atoms with van der Waals surface area (Å²) in [4.78, 5) is 13.2. The molecule has 1 N–H and O–H groups in total. The molecule has 0 saturated heterocycles. The molecule has 3 nitrogen and oxygen atoms in total. The number of carbonyl (C=O) groups is 1. The second-order valence-corrected chi connectivity index (χ2v) is 5.76. The molecule has 0 aliphatic carbocycles. The quantitative estimate of drug-likeness (QED) is 0.905. The van der Waals surface area contributed by atoms with Crippen LogP contribution >= 0.6 is 11.3 Å². The molecule has 1 heterocycles. The number of carbonyl (C=O) groups excluding carboxylic acids is 1. The lowest BCUT2D eigenvalue weighted by Gasteiger charge is -2.14. The van der Waals surface area contributed by atoms with Gasteiger partial charge < -0.3 is 10.1 Å². The molecule has 0 aliphatic heterocycles. The van der Waals surface area contributed by atoms with Crippen LogP contribution in [0.1, 0.15) is 40.7 Å². The average molecular weight is 289 g/mol. The van der Waals surface area contributed by atoms with Gasteiger partial charge in [-0.05, 0) is 44.5 Å². The lowest BCUT2D eigenvalue weighted by atomic mass is 10.1. The van der Waals surface area contributed by atoms with Crippen molar-refractivity contribution >= 4 is 17.2 Å². The van der Waals surface area contributed by atoms with Gasteiger partial charge >= 0.3 is 0 Å². The van der Waals surface area contributed by atoms with Crippen LogP contribution in [-0.2, 0) is 0 Å². The zero-order valence-electron chi connectivity index (χ0n) is 12.0. The highest BCUT2D eigenvalue weighted by Gasteiger charge is 2.12. The first kappa shape index (κ1) is 14.6. The zero-order chi connectivity index (χ0) is 14.5. The Balaban J connectivity index is 2.00. The van der Waals surface area contributed by atoms with Crippen molar-refractivity contribution in [3.05, 3.63) is 51.7 Å². The van der Waals surface area contributed by atoms with Crippen LogP contribution in [0, 0.1) is 6.92 Å². The van der Waals surface area contributed by atoms with E-state index in [-0.39, 0.29) is 11.9 Å². The Bertz CT molecular complexity index is 574. The van der Waals surface area contributed by atoms with Gasteiger partial charge in [0.1, 0.15) is 5.75 Å².